The topological polar surface area (TPSA) is 120 Å². The predicted octanol–water partition coefficient (Wildman–Crippen LogP) is 4.59. The number of aromatic hydroxyl groups is 1. The van der Waals surface area contributed by atoms with Gasteiger partial charge in [0.25, 0.3) is 5.91 Å². The molecule has 0 atom stereocenters. The molecule has 0 saturated carbocycles. The zero-order chi connectivity index (χ0) is 25.2. The van der Waals surface area contributed by atoms with Crippen LogP contribution in [-0.2, 0) is 17.6 Å². The molecule has 3 rings (SSSR count). The van der Waals surface area contributed by atoms with Gasteiger partial charge in [0.2, 0.25) is 0 Å². The maximum Gasteiger partial charge on any atom is 0.307 e. The van der Waals surface area contributed by atoms with Gasteiger partial charge in [0.1, 0.15) is 11.5 Å². The predicted molar refractivity (Wildman–Crippen MR) is 135 cm³/mol. The molecule has 0 saturated heterocycles. The fourth-order valence-electron chi connectivity index (χ4n) is 3.71. The van der Waals surface area contributed by atoms with E-state index in [4.69, 9.17) is 15.3 Å². The highest BCUT2D eigenvalue weighted by molar-refractivity contribution is 6.12. The Labute approximate surface area is 204 Å². The van der Waals surface area contributed by atoms with E-state index in [9.17, 15) is 14.7 Å². The second-order valence-electron chi connectivity index (χ2n) is 8.15. The Hall–Kier alpha value is -4.13. The van der Waals surface area contributed by atoms with Gasteiger partial charge in [0, 0.05) is 28.8 Å². The summed E-state index contributed by atoms with van der Waals surface area (Å²) in [6.07, 6.45) is 1.92. The van der Waals surface area contributed by atoms with Gasteiger partial charge >= 0.3 is 5.97 Å². The van der Waals surface area contributed by atoms with Crippen LogP contribution < -0.4 is 10.1 Å². The Morgan fingerprint density at radius 2 is 1.69 bits per heavy atom. The quantitative estimate of drug-likeness (QED) is 0.226. The van der Waals surface area contributed by atoms with E-state index in [1.54, 1.807) is 36.4 Å². The van der Waals surface area contributed by atoms with E-state index < -0.39 is 5.97 Å². The highest BCUT2D eigenvalue weighted by Gasteiger charge is 2.17. The molecule has 3 aromatic rings. The highest BCUT2D eigenvalue weighted by atomic mass is 16.5. The molecule has 35 heavy (non-hydrogen) atoms. The molecule has 3 aromatic carbocycles. The van der Waals surface area contributed by atoms with Crippen LogP contribution in [0.3, 0.4) is 0 Å². The monoisotopic (exact) mass is 474 g/mol. The summed E-state index contributed by atoms with van der Waals surface area (Å²) >= 11 is 0. The van der Waals surface area contributed by atoms with Crippen molar-refractivity contribution in [3.8, 4) is 11.5 Å². The summed E-state index contributed by atoms with van der Waals surface area (Å²) in [6, 6.07) is 19.3. The Kier molecular flexibility index (Phi) is 9.01. The van der Waals surface area contributed by atoms with E-state index >= 15 is 0 Å². The molecule has 0 aliphatic heterocycles. The maximum absolute atomic E-state index is 12.3. The van der Waals surface area contributed by atoms with Gasteiger partial charge in [-0.25, -0.2) is 0 Å². The van der Waals surface area contributed by atoms with Gasteiger partial charge in [0.15, 0.2) is 0 Å². The average molecular weight is 475 g/mol. The van der Waals surface area contributed by atoms with Gasteiger partial charge in [-0.2, -0.15) is 0 Å². The van der Waals surface area contributed by atoms with Crippen molar-refractivity contribution >= 4 is 17.6 Å². The largest absolute Gasteiger partial charge is 0.507 e. The van der Waals surface area contributed by atoms with E-state index in [0.717, 1.165) is 12.0 Å². The number of carboxylic acid groups (broad SMARTS) is 1. The lowest BCUT2D eigenvalue weighted by molar-refractivity contribution is -0.136. The van der Waals surface area contributed by atoms with Gasteiger partial charge in [-0.3, -0.25) is 15.0 Å². The van der Waals surface area contributed by atoms with Crippen LogP contribution in [-0.4, -0.2) is 41.0 Å². The fourth-order valence-corrected chi connectivity index (χ4v) is 3.71. The lowest BCUT2D eigenvalue weighted by Crippen LogP contribution is -2.25. The van der Waals surface area contributed by atoms with Crippen molar-refractivity contribution in [1.82, 2.24) is 5.32 Å². The first-order valence-corrected chi connectivity index (χ1v) is 11.6. The van der Waals surface area contributed by atoms with E-state index in [2.05, 4.69) is 5.32 Å². The lowest BCUT2D eigenvalue weighted by atomic mass is 9.97. The van der Waals surface area contributed by atoms with Gasteiger partial charge in [-0.1, -0.05) is 55.8 Å². The van der Waals surface area contributed by atoms with Gasteiger partial charge in [0.05, 0.1) is 18.7 Å². The number of aliphatic carboxylic acids is 1. The van der Waals surface area contributed by atoms with E-state index in [1.807, 2.05) is 37.3 Å². The number of benzene rings is 3. The second-order valence-corrected chi connectivity index (χ2v) is 8.15. The molecule has 0 aliphatic carbocycles. The molecular weight excluding hydrogens is 444 g/mol. The van der Waals surface area contributed by atoms with Crippen molar-refractivity contribution in [2.45, 2.75) is 32.6 Å². The Morgan fingerprint density at radius 1 is 0.971 bits per heavy atom. The molecule has 0 aliphatic rings. The summed E-state index contributed by atoms with van der Waals surface area (Å²) in [7, 11) is 0. The molecule has 0 heterocycles. The Bertz CT molecular complexity index is 1170. The fraction of sp³-hybridized carbons (Fsp3) is 0.250. The smallest absolute Gasteiger partial charge is 0.307 e. The minimum absolute atomic E-state index is 0.0675. The highest BCUT2D eigenvalue weighted by Crippen LogP contribution is 2.34. The molecule has 0 bridgehead atoms. The molecule has 182 valence electrons. The van der Waals surface area contributed by atoms with Crippen molar-refractivity contribution in [2.75, 3.05) is 13.2 Å². The van der Waals surface area contributed by atoms with Gasteiger partial charge in [-0.15, -0.1) is 0 Å². The first kappa shape index (κ1) is 25.5. The van der Waals surface area contributed by atoms with Crippen LogP contribution >= 0.6 is 0 Å². The molecule has 0 aromatic heterocycles. The molecule has 7 nitrogen and oxygen atoms in total. The molecule has 0 fully saturated rings. The number of phenols is 1. The van der Waals surface area contributed by atoms with Crippen molar-refractivity contribution in [3.63, 3.8) is 0 Å². The third kappa shape index (κ3) is 6.93. The number of phenolic OH excluding ortho intramolecular Hbond substituents is 1. The lowest BCUT2D eigenvalue weighted by Gasteiger charge is -2.16. The number of ether oxygens (including phenoxy) is 1. The summed E-state index contributed by atoms with van der Waals surface area (Å²) in [5.74, 6) is -0.506. The zero-order valence-electron chi connectivity index (χ0n) is 19.7. The summed E-state index contributed by atoms with van der Waals surface area (Å²) < 4.78 is 5.91. The van der Waals surface area contributed by atoms with E-state index in [0.29, 0.717) is 54.0 Å². The van der Waals surface area contributed by atoms with Crippen LogP contribution in [0.4, 0.5) is 0 Å². The van der Waals surface area contributed by atoms with Crippen LogP contribution in [0.1, 0.15) is 52.4 Å². The summed E-state index contributed by atoms with van der Waals surface area (Å²) in [6.45, 7) is 2.77. The summed E-state index contributed by atoms with van der Waals surface area (Å²) in [5.41, 5.74) is 3.23. The third-order valence-corrected chi connectivity index (χ3v) is 5.51. The minimum Gasteiger partial charge on any atom is -0.507 e. The summed E-state index contributed by atoms with van der Waals surface area (Å²) in [5, 5.41) is 31.0. The van der Waals surface area contributed by atoms with Gasteiger partial charge < -0.3 is 20.3 Å². The normalized spacial score (nSPS) is 10.5. The molecule has 4 N–H and O–H groups in total. The number of hydrogen-bond acceptors (Lipinski definition) is 5. The standard InChI is InChI=1S/C28H30N2O5/c1-2-7-22-24(15-14-23(27(22)33)26(29)20-8-4-3-5-9-20)35-17-6-16-30-28(34)21-12-10-19(11-13-21)18-25(31)32/h3-5,8-15,29,33H,2,6-7,16-18H2,1H3,(H,30,34)(H,31,32). The van der Waals surface area contributed by atoms with Crippen LogP contribution in [0.5, 0.6) is 11.5 Å². The number of amides is 1. The summed E-state index contributed by atoms with van der Waals surface area (Å²) in [4.78, 5) is 23.1. The van der Waals surface area contributed by atoms with Crippen molar-refractivity contribution < 1.29 is 24.5 Å². The first-order valence-electron chi connectivity index (χ1n) is 11.6. The number of carbonyl (C=O) groups is 2. The number of rotatable bonds is 12. The van der Waals surface area contributed by atoms with Crippen molar-refractivity contribution in [3.05, 3.63) is 94.5 Å². The number of nitrogens with one attached hydrogen (secondary N) is 2. The molecule has 0 unspecified atom stereocenters. The SMILES string of the molecule is CCCc1c(OCCCNC(=O)c2ccc(CC(=O)O)cc2)ccc(C(=N)c2ccccc2)c1O. The van der Waals surface area contributed by atoms with Crippen LogP contribution in [0.2, 0.25) is 0 Å². The maximum atomic E-state index is 12.3. The average Bonchev–Trinajstić information content (AvgIpc) is 2.86. The van der Waals surface area contributed by atoms with E-state index in [1.165, 1.54) is 0 Å². The van der Waals surface area contributed by atoms with E-state index in [-0.39, 0.29) is 23.8 Å². The molecular formula is C28H30N2O5. The van der Waals surface area contributed by atoms with Crippen molar-refractivity contribution in [1.29, 1.82) is 5.41 Å². The Morgan fingerprint density at radius 3 is 2.34 bits per heavy atom. The van der Waals surface area contributed by atoms with Gasteiger partial charge in [-0.05, 0) is 42.7 Å². The van der Waals surface area contributed by atoms with Crippen LogP contribution in [0.15, 0.2) is 66.7 Å². The number of carboxylic acids is 1. The Balaban J connectivity index is 1.55. The minimum atomic E-state index is -0.915. The number of carbonyl (C=O) groups excluding carboxylic acids is 1. The number of hydrogen-bond donors (Lipinski definition) is 4. The molecule has 7 heteroatoms. The second kappa shape index (κ2) is 12.4. The van der Waals surface area contributed by atoms with Crippen molar-refractivity contribution in [2.24, 2.45) is 0 Å². The third-order valence-electron chi connectivity index (χ3n) is 5.51. The first-order chi connectivity index (χ1) is 16.9. The molecule has 1 amide bonds. The van der Waals surface area contributed by atoms with Crippen LogP contribution in [0, 0.1) is 5.41 Å². The molecule has 0 spiro atoms. The molecule has 0 radical (unpaired) electrons. The van der Waals surface area contributed by atoms with Crippen LogP contribution in [0.25, 0.3) is 0 Å². The zero-order valence-corrected chi connectivity index (χ0v) is 19.7.